The number of carbonyl (C=O) groups excluding carboxylic acids is 1. The summed E-state index contributed by atoms with van der Waals surface area (Å²) in [5.41, 5.74) is -0.119. The average molecular weight is 332 g/mol. The van der Waals surface area contributed by atoms with Crippen LogP contribution in [0.15, 0.2) is 22.7 Å². The monoisotopic (exact) mass is 331 g/mol. The highest BCUT2D eigenvalue weighted by atomic mass is 79.9. The van der Waals surface area contributed by atoms with Gasteiger partial charge >= 0.3 is 0 Å². The van der Waals surface area contributed by atoms with Crippen molar-refractivity contribution in [2.24, 2.45) is 5.41 Å². The van der Waals surface area contributed by atoms with Gasteiger partial charge in [0.1, 0.15) is 11.6 Å². The highest BCUT2D eigenvalue weighted by Crippen LogP contribution is 2.44. The number of rotatable bonds is 6. The normalized spacial score (nSPS) is 15.9. The highest BCUT2D eigenvalue weighted by Gasteiger charge is 2.42. The molecule has 2 N–H and O–H groups in total. The summed E-state index contributed by atoms with van der Waals surface area (Å²) in [4.78, 5) is 11.6. The molecule has 1 amide bonds. The number of hydrogen-bond acceptors (Lipinski definition) is 3. The molecule has 4 nitrogen and oxygen atoms in total. The number of amides is 1. The predicted molar refractivity (Wildman–Crippen MR) is 71.4 cm³/mol. The number of hydrogen-bond donors (Lipinski definition) is 2. The topological polar surface area (TPSA) is 58.6 Å². The third-order valence-electron chi connectivity index (χ3n) is 3.21. The van der Waals surface area contributed by atoms with Crippen LogP contribution in [-0.2, 0) is 4.79 Å². The third-order valence-corrected chi connectivity index (χ3v) is 3.83. The van der Waals surface area contributed by atoms with Crippen LogP contribution in [0.1, 0.15) is 12.8 Å². The van der Waals surface area contributed by atoms with Crippen molar-refractivity contribution in [3.05, 3.63) is 28.5 Å². The molecule has 104 valence electrons. The molecule has 0 aromatic heterocycles. The Morgan fingerprint density at radius 3 is 2.84 bits per heavy atom. The van der Waals surface area contributed by atoms with Gasteiger partial charge in [0.25, 0.3) is 5.91 Å². The first-order valence-electron chi connectivity index (χ1n) is 6.00. The Hall–Kier alpha value is -1.14. The largest absolute Gasteiger partial charge is 0.483 e. The molecule has 0 radical (unpaired) electrons. The molecule has 6 heteroatoms. The Morgan fingerprint density at radius 1 is 1.53 bits per heavy atom. The van der Waals surface area contributed by atoms with Crippen molar-refractivity contribution in [2.45, 2.75) is 12.8 Å². The lowest BCUT2D eigenvalue weighted by molar-refractivity contribution is -0.123. The van der Waals surface area contributed by atoms with Crippen LogP contribution >= 0.6 is 15.9 Å². The zero-order valence-corrected chi connectivity index (χ0v) is 11.9. The van der Waals surface area contributed by atoms with E-state index < -0.39 is 0 Å². The number of carbonyl (C=O) groups is 1. The van der Waals surface area contributed by atoms with Gasteiger partial charge in [0, 0.05) is 12.0 Å². The van der Waals surface area contributed by atoms with Crippen LogP contribution in [0, 0.1) is 11.2 Å². The Bertz CT molecular complexity index is 477. The summed E-state index contributed by atoms with van der Waals surface area (Å²) in [6, 6.07) is 4.00. The van der Waals surface area contributed by atoms with Gasteiger partial charge in [-0.05, 0) is 47.0 Å². The van der Waals surface area contributed by atoms with Crippen molar-refractivity contribution in [1.82, 2.24) is 5.32 Å². The van der Waals surface area contributed by atoms with Crippen LogP contribution in [0.2, 0.25) is 0 Å². The van der Waals surface area contributed by atoms with Gasteiger partial charge in [-0.15, -0.1) is 0 Å². The predicted octanol–water partition coefficient (Wildman–Crippen LogP) is 1.86. The van der Waals surface area contributed by atoms with Crippen LogP contribution in [0.4, 0.5) is 4.39 Å². The first kappa shape index (κ1) is 14.3. The zero-order valence-electron chi connectivity index (χ0n) is 10.3. The van der Waals surface area contributed by atoms with Gasteiger partial charge in [-0.25, -0.2) is 4.39 Å². The summed E-state index contributed by atoms with van der Waals surface area (Å²) in [6.07, 6.45) is 1.88. The molecule has 0 saturated heterocycles. The molecule has 0 unspecified atom stereocenters. The van der Waals surface area contributed by atoms with Crippen LogP contribution in [0.3, 0.4) is 0 Å². The molecular weight excluding hydrogens is 317 g/mol. The minimum absolute atomic E-state index is 0.0949. The van der Waals surface area contributed by atoms with Crippen molar-refractivity contribution in [1.29, 1.82) is 0 Å². The first-order valence-corrected chi connectivity index (χ1v) is 6.79. The minimum atomic E-state index is -0.373. The van der Waals surface area contributed by atoms with E-state index in [2.05, 4.69) is 21.2 Å². The average Bonchev–Trinajstić information content (AvgIpc) is 3.16. The highest BCUT2D eigenvalue weighted by molar-refractivity contribution is 9.10. The Kier molecular flexibility index (Phi) is 4.42. The minimum Gasteiger partial charge on any atom is -0.483 e. The number of aliphatic hydroxyl groups excluding tert-OH is 1. The van der Waals surface area contributed by atoms with Gasteiger partial charge in [0.15, 0.2) is 6.61 Å². The molecule has 1 aromatic rings. The Labute approximate surface area is 119 Å². The van der Waals surface area contributed by atoms with Gasteiger partial charge in [0.05, 0.1) is 11.1 Å². The lowest BCUT2D eigenvalue weighted by atomic mass is 10.1. The van der Waals surface area contributed by atoms with Crippen molar-refractivity contribution >= 4 is 21.8 Å². The van der Waals surface area contributed by atoms with E-state index in [1.54, 1.807) is 0 Å². The standard InChI is InChI=1S/C13H15BrFNO3/c14-10-5-9(15)1-2-11(10)19-6-12(18)16-7-13(8-17)3-4-13/h1-2,5,17H,3-4,6-8H2,(H,16,18). The molecular formula is C13H15BrFNO3. The quantitative estimate of drug-likeness (QED) is 0.836. The molecule has 0 spiro atoms. The van der Waals surface area contributed by atoms with Gasteiger partial charge in [-0.3, -0.25) is 4.79 Å². The SMILES string of the molecule is O=C(COc1ccc(F)cc1Br)NCC1(CO)CC1. The maximum Gasteiger partial charge on any atom is 0.257 e. The van der Waals surface area contributed by atoms with Gasteiger partial charge in [0.2, 0.25) is 0 Å². The fourth-order valence-corrected chi connectivity index (χ4v) is 2.11. The Balaban J connectivity index is 1.77. The van der Waals surface area contributed by atoms with Gasteiger partial charge < -0.3 is 15.2 Å². The fourth-order valence-electron chi connectivity index (χ4n) is 1.64. The smallest absolute Gasteiger partial charge is 0.257 e. The second kappa shape index (κ2) is 5.88. The van der Waals surface area contributed by atoms with Crippen molar-refractivity contribution in [2.75, 3.05) is 19.8 Å². The summed E-state index contributed by atoms with van der Waals surface area (Å²) in [6.45, 7) is 0.430. The van der Waals surface area contributed by atoms with Crippen LogP contribution in [0.5, 0.6) is 5.75 Å². The molecule has 1 aliphatic rings. The number of halogens is 2. The van der Waals surface area contributed by atoms with Crippen LogP contribution in [0.25, 0.3) is 0 Å². The lowest BCUT2D eigenvalue weighted by Gasteiger charge is -2.13. The molecule has 1 aromatic carbocycles. The second-order valence-corrected chi connectivity index (χ2v) is 5.65. The first-order chi connectivity index (χ1) is 9.04. The van der Waals surface area contributed by atoms with E-state index in [-0.39, 0.29) is 30.4 Å². The van der Waals surface area contributed by atoms with E-state index in [9.17, 15) is 9.18 Å². The van der Waals surface area contributed by atoms with Crippen molar-refractivity contribution in [3.8, 4) is 5.75 Å². The van der Waals surface area contributed by atoms with Crippen LogP contribution in [-0.4, -0.2) is 30.8 Å². The fraction of sp³-hybridized carbons (Fsp3) is 0.462. The lowest BCUT2D eigenvalue weighted by Crippen LogP contribution is -2.35. The second-order valence-electron chi connectivity index (χ2n) is 4.80. The van der Waals surface area contributed by atoms with E-state index >= 15 is 0 Å². The summed E-state index contributed by atoms with van der Waals surface area (Å²) in [5, 5.41) is 11.8. The van der Waals surface area contributed by atoms with Crippen molar-refractivity contribution < 1.29 is 19.0 Å². The third kappa shape index (κ3) is 3.91. The van der Waals surface area contributed by atoms with Gasteiger partial charge in [-0.2, -0.15) is 0 Å². The molecule has 1 saturated carbocycles. The van der Waals surface area contributed by atoms with E-state index in [0.29, 0.717) is 16.8 Å². The summed E-state index contributed by atoms with van der Waals surface area (Å²) < 4.78 is 18.6. The molecule has 0 aliphatic heterocycles. The number of benzene rings is 1. The molecule has 19 heavy (non-hydrogen) atoms. The number of aliphatic hydroxyl groups is 1. The zero-order chi connectivity index (χ0) is 13.9. The molecule has 0 atom stereocenters. The molecule has 1 fully saturated rings. The van der Waals surface area contributed by atoms with Crippen LogP contribution < -0.4 is 10.1 Å². The summed E-state index contributed by atoms with van der Waals surface area (Å²) >= 11 is 3.16. The molecule has 2 rings (SSSR count). The van der Waals surface area contributed by atoms with E-state index in [1.165, 1.54) is 18.2 Å². The van der Waals surface area contributed by atoms with E-state index in [1.807, 2.05) is 0 Å². The number of nitrogens with one attached hydrogen (secondary N) is 1. The molecule has 0 heterocycles. The maximum absolute atomic E-state index is 12.9. The van der Waals surface area contributed by atoms with E-state index in [4.69, 9.17) is 9.84 Å². The van der Waals surface area contributed by atoms with Crippen molar-refractivity contribution in [3.63, 3.8) is 0 Å². The Morgan fingerprint density at radius 2 is 2.26 bits per heavy atom. The summed E-state index contributed by atoms with van der Waals surface area (Å²) in [7, 11) is 0. The summed E-state index contributed by atoms with van der Waals surface area (Å²) in [5.74, 6) is -0.210. The molecule has 0 bridgehead atoms. The molecule has 1 aliphatic carbocycles. The van der Waals surface area contributed by atoms with E-state index in [0.717, 1.165) is 12.8 Å². The van der Waals surface area contributed by atoms with Gasteiger partial charge in [-0.1, -0.05) is 0 Å². The maximum atomic E-state index is 12.9. The number of ether oxygens (including phenoxy) is 1.